The SMILES string of the molecule is COc1ccc(-c2ccnc3cc(C(=O)NC4CCC(C(=O)NCCCCC5CCOCC5)CC4)nn23)cc1OC. The molecule has 1 saturated heterocycles. The molecule has 220 valence electrons. The van der Waals surface area contributed by atoms with Crippen molar-refractivity contribution in [1.82, 2.24) is 25.2 Å². The third-order valence-corrected chi connectivity index (χ3v) is 8.38. The fourth-order valence-electron chi connectivity index (χ4n) is 5.93. The predicted octanol–water partition coefficient (Wildman–Crippen LogP) is 4.42. The zero-order valence-corrected chi connectivity index (χ0v) is 24.1. The van der Waals surface area contributed by atoms with Crippen LogP contribution in [0.2, 0.25) is 0 Å². The first-order valence-corrected chi connectivity index (χ1v) is 14.8. The van der Waals surface area contributed by atoms with Gasteiger partial charge in [0, 0.05) is 49.5 Å². The van der Waals surface area contributed by atoms with Crippen LogP contribution in [0.4, 0.5) is 0 Å². The minimum atomic E-state index is -0.230. The van der Waals surface area contributed by atoms with Crippen molar-refractivity contribution in [3.63, 3.8) is 0 Å². The van der Waals surface area contributed by atoms with Crippen molar-refractivity contribution in [1.29, 1.82) is 0 Å². The number of unbranched alkanes of at least 4 members (excludes halogenated alkanes) is 1. The first kappa shape index (κ1) is 28.9. The zero-order valence-electron chi connectivity index (χ0n) is 24.1. The van der Waals surface area contributed by atoms with E-state index in [-0.39, 0.29) is 23.8 Å². The highest BCUT2D eigenvalue weighted by Gasteiger charge is 2.28. The summed E-state index contributed by atoms with van der Waals surface area (Å²) < 4.78 is 17.9. The van der Waals surface area contributed by atoms with Crippen molar-refractivity contribution < 1.29 is 23.8 Å². The summed E-state index contributed by atoms with van der Waals surface area (Å²) in [6, 6.07) is 9.19. The van der Waals surface area contributed by atoms with Crippen LogP contribution in [0.25, 0.3) is 16.9 Å². The molecule has 2 aromatic heterocycles. The Balaban J connectivity index is 1.10. The highest BCUT2D eigenvalue weighted by molar-refractivity contribution is 5.93. The first-order valence-electron chi connectivity index (χ1n) is 14.8. The Hall–Kier alpha value is -3.66. The number of fused-ring (bicyclic) bond motifs is 1. The predicted molar refractivity (Wildman–Crippen MR) is 155 cm³/mol. The van der Waals surface area contributed by atoms with Crippen molar-refractivity contribution >= 4 is 17.5 Å². The van der Waals surface area contributed by atoms with E-state index in [1.807, 2.05) is 24.3 Å². The Kier molecular flexibility index (Phi) is 9.71. The van der Waals surface area contributed by atoms with Crippen molar-refractivity contribution in [3.8, 4) is 22.8 Å². The molecule has 41 heavy (non-hydrogen) atoms. The molecule has 1 aliphatic heterocycles. The Bertz CT molecular complexity index is 1330. The lowest BCUT2D eigenvalue weighted by Gasteiger charge is -2.28. The van der Waals surface area contributed by atoms with E-state index < -0.39 is 0 Å². The number of benzene rings is 1. The topological polar surface area (TPSA) is 116 Å². The molecule has 10 heteroatoms. The standard InChI is InChI=1S/C31H41N5O5/c1-39-27-11-8-23(19-28(27)40-2)26-12-16-32-29-20-25(35-36(26)29)31(38)34-24-9-6-22(7-10-24)30(37)33-15-4-3-5-21-13-17-41-18-14-21/h8,11-12,16,19-22,24H,3-7,9-10,13-15,17-18H2,1-2H3,(H,33,37)(H,34,38). The van der Waals surface area contributed by atoms with Gasteiger partial charge in [-0.15, -0.1) is 0 Å². The lowest BCUT2D eigenvalue weighted by Crippen LogP contribution is -2.41. The monoisotopic (exact) mass is 563 g/mol. The van der Waals surface area contributed by atoms with Gasteiger partial charge in [0.25, 0.3) is 5.91 Å². The molecule has 0 atom stereocenters. The van der Waals surface area contributed by atoms with Gasteiger partial charge in [-0.05, 0) is 75.1 Å². The summed E-state index contributed by atoms with van der Waals surface area (Å²) in [4.78, 5) is 30.2. The van der Waals surface area contributed by atoms with Gasteiger partial charge in [-0.25, -0.2) is 9.50 Å². The number of carbonyl (C=O) groups excluding carboxylic acids is 2. The maximum atomic E-state index is 13.1. The molecule has 2 N–H and O–H groups in total. The van der Waals surface area contributed by atoms with Gasteiger partial charge in [0.15, 0.2) is 22.8 Å². The highest BCUT2D eigenvalue weighted by Crippen LogP contribution is 2.32. The first-order chi connectivity index (χ1) is 20.1. The van der Waals surface area contributed by atoms with Crippen LogP contribution in [0.1, 0.15) is 68.3 Å². The summed E-state index contributed by atoms with van der Waals surface area (Å²) in [6.45, 7) is 2.52. The maximum Gasteiger partial charge on any atom is 0.272 e. The van der Waals surface area contributed by atoms with E-state index in [1.54, 1.807) is 31.0 Å². The molecule has 0 spiro atoms. The minimum absolute atomic E-state index is 0.0158. The Morgan fingerprint density at radius 1 is 0.976 bits per heavy atom. The fourth-order valence-corrected chi connectivity index (χ4v) is 5.93. The zero-order chi connectivity index (χ0) is 28.6. The van der Waals surface area contributed by atoms with Gasteiger partial charge in [0.2, 0.25) is 5.91 Å². The minimum Gasteiger partial charge on any atom is -0.493 e. The number of aromatic nitrogens is 3. The van der Waals surface area contributed by atoms with Gasteiger partial charge < -0.3 is 24.8 Å². The Labute approximate surface area is 241 Å². The number of rotatable bonds is 11. The van der Waals surface area contributed by atoms with Crippen molar-refractivity contribution in [3.05, 3.63) is 42.2 Å². The van der Waals surface area contributed by atoms with Crippen LogP contribution >= 0.6 is 0 Å². The molecule has 0 bridgehead atoms. The van der Waals surface area contributed by atoms with E-state index in [0.29, 0.717) is 22.8 Å². The second kappa shape index (κ2) is 13.8. The van der Waals surface area contributed by atoms with Gasteiger partial charge in [-0.2, -0.15) is 5.10 Å². The Morgan fingerprint density at radius 2 is 1.76 bits per heavy atom. The molecule has 2 fully saturated rings. The number of carbonyl (C=O) groups is 2. The van der Waals surface area contributed by atoms with E-state index in [4.69, 9.17) is 14.2 Å². The van der Waals surface area contributed by atoms with Crippen molar-refractivity contribution in [2.45, 2.75) is 63.8 Å². The van der Waals surface area contributed by atoms with Crippen molar-refractivity contribution in [2.75, 3.05) is 34.0 Å². The lowest BCUT2D eigenvalue weighted by atomic mass is 9.85. The third kappa shape index (κ3) is 7.16. The van der Waals surface area contributed by atoms with E-state index in [2.05, 4.69) is 20.7 Å². The maximum absolute atomic E-state index is 13.1. The summed E-state index contributed by atoms with van der Waals surface area (Å²) in [5, 5.41) is 10.8. The number of amides is 2. The molecule has 10 nitrogen and oxygen atoms in total. The smallest absolute Gasteiger partial charge is 0.272 e. The molecule has 1 aliphatic carbocycles. The highest BCUT2D eigenvalue weighted by atomic mass is 16.5. The van der Waals surface area contributed by atoms with Gasteiger partial charge in [-0.1, -0.05) is 12.8 Å². The molecule has 3 aromatic rings. The number of nitrogens with zero attached hydrogens (tertiary/aromatic N) is 3. The summed E-state index contributed by atoms with van der Waals surface area (Å²) in [5.74, 6) is 1.95. The second-order valence-corrected chi connectivity index (χ2v) is 11.1. The molecule has 2 aliphatic rings. The lowest BCUT2D eigenvalue weighted by molar-refractivity contribution is -0.126. The molecule has 1 saturated carbocycles. The van der Waals surface area contributed by atoms with Crippen LogP contribution in [0.3, 0.4) is 0 Å². The number of hydrogen-bond acceptors (Lipinski definition) is 7. The van der Waals surface area contributed by atoms with Crippen LogP contribution in [-0.4, -0.2) is 66.4 Å². The third-order valence-electron chi connectivity index (χ3n) is 8.38. The fraction of sp³-hybridized carbons (Fsp3) is 0.548. The van der Waals surface area contributed by atoms with Crippen LogP contribution in [0.15, 0.2) is 36.5 Å². The molecule has 5 rings (SSSR count). The molecule has 2 amide bonds. The summed E-state index contributed by atoms with van der Waals surface area (Å²) in [7, 11) is 3.19. The average Bonchev–Trinajstić information content (AvgIpc) is 3.46. The van der Waals surface area contributed by atoms with Gasteiger partial charge in [-0.3, -0.25) is 9.59 Å². The summed E-state index contributed by atoms with van der Waals surface area (Å²) in [5.41, 5.74) is 2.53. The van der Waals surface area contributed by atoms with Crippen LogP contribution in [0.5, 0.6) is 11.5 Å². The van der Waals surface area contributed by atoms with Gasteiger partial charge in [0.1, 0.15) is 0 Å². The van der Waals surface area contributed by atoms with Crippen molar-refractivity contribution in [2.24, 2.45) is 11.8 Å². The molecular formula is C31H41N5O5. The van der Waals surface area contributed by atoms with E-state index >= 15 is 0 Å². The number of ether oxygens (including phenoxy) is 3. The number of nitrogens with one attached hydrogen (secondary N) is 2. The van der Waals surface area contributed by atoms with Crippen LogP contribution in [0, 0.1) is 11.8 Å². The number of hydrogen-bond donors (Lipinski definition) is 2. The number of methoxy groups -OCH3 is 2. The Morgan fingerprint density at radius 3 is 2.51 bits per heavy atom. The van der Waals surface area contributed by atoms with Gasteiger partial charge in [0.05, 0.1) is 19.9 Å². The molecule has 3 heterocycles. The largest absolute Gasteiger partial charge is 0.493 e. The average molecular weight is 564 g/mol. The molecule has 0 radical (unpaired) electrons. The van der Waals surface area contributed by atoms with E-state index in [0.717, 1.165) is 75.5 Å². The van der Waals surface area contributed by atoms with Crippen LogP contribution in [-0.2, 0) is 9.53 Å². The van der Waals surface area contributed by atoms with Gasteiger partial charge >= 0.3 is 0 Å². The second-order valence-electron chi connectivity index (χ2n) is 11.1. The quantitative estimate of drug-likeness (QED) is 0.332. The molecular weight excluding hydrogens is 522 g/mol. The summed E-state index contributed by atoms with van der Waals surface area (Å²) in [6.07, 6.45) is 10.5. The normalized spacial score (nSPS) is 19.6. The summed E-state index contributed by atoms with van der Waals surface area (Å²) >= 11 is 0. The molecule has 0 unspecified atom stereocenters. The van der Waals surface area contributed by atoms with Crippen LogP contribution < -0.4 is 20.1 Å². The van der Waals surface area contributed by atoms with E-state index in [1.165, 1.54) is 19.3 Å². The van der Waals surface area contributed by atoms with E-state index in [9.17, 15) is 9.59 Å². The molecule has 1 aromatic carbocycles.